The minimum absolute atomic E-state index is 0.173. The molecule has 0 aliphatic carbocycles. The summed E-state index contributed by atoms with van der Waals surface area (Å²) in [7, 11) is 1.69. The van der Waals surface area contributed by atoms with Crippen molar-refractivity contribution in [2.45, 2.75) is 6.54 Å². The molecular weight excluding hydrogens is 444 g/mol. The summed E-state index contributed by atoms with van der Waals surface area (Å²) < 4.78 is 0.579. The smallest absolute Gasteiger partial charge is 0.268 e. The van der Waals surface area contributed by atoms with Gasteiger partial charge in [0.15, 0.2) is 0 Å². The van der Waals surface area contributed by atoms with Gasteiger partial charge in [0.25, 0.3) is 11.5 Å². The van der Waals surface area contributed by atoms with Crippen LogP contribution in [0.2, 0.25) is 5.02 Å². The molecule has 0 radical (unpaired) electrons. The molecule has 8 heteroatoms. The SMILES string of the molecule is CN(Cc1nc2ccsc2c(=O)[nH]1)C(=O)c1cc(-c2ccc(Cl)cc2)nc2ccccc12. The van der Waals surface area contributed by atoms with Crippen LogP contribution in [0.3, 0.4) is 0 Å². The number of halogens is 1. The van der Waals surface area contributed by atoms with Crippen LogP contribution in [0.1, 0.15) is 16.2 Å². The van der Waals surface area contributed by atoms with E-state index in [1.165, 1.54) is 11.3 Å². The summed E-state index contributed by atoms with van der Waals surface area (Å²) in [5.41, 5.74) is 3.24. The number of hydrogen-bond acceptors (Lipinski definition) is 5. The van der Waals surface area contributed by atoms with Gasteiger partial charge in [-0.3, -0.25) is 9.59 Å². The van der Waals surface area contributed by atoms with E-state index in [9.17, 15) is 9.59 Å². The molecule has 5 aromatic rings. The third-order valence-corrected chi connectivity index (χ3v) is 6.34. The molecule has 0 atom stereocenters. The zero-order valence-electron chi connectivity index (χ0n) is 17.0. The topological polar surface area (TPSA) is 79.0 Å². The van der Waals surface area contributed by atoms with E-state index in [1.807, 2.05) is 41.8 Å². The van der Waals surface area contributed by atoms with Gasteiger partial charge in [-0.25, -0.2) is 9.97 Å². The van der Waals surface area contributed by atoms with Crippen LogP contribution in [0.15, 0.2) is 70.8 Å². The van der Waals surface area contributed by atoms with E-state index < -0.39 is 0 Å². The zero-order chi connectivity index (χ0) is 22.2. The maximum atomic E-state index is 13.5. The molecule has 0 unspecified atom stereocenters. The summed E-state index contributed by atoms with van der Waals surface area (Å²) in [6.45, 7) is 0.173. The van der Waals surface area contributed by atoms with Crippen molar-refractivity contribution in [3.05, 3.63) is 92.8 Å². The molecule has 32 heavy (non-hydrogen) atoms. The Morgan fingerprint density at radius 3 is 2.66 bits per heavy atom. The minimum atomic E-state index is -0.194. The Bertz CT molecular complexity index is 1530. The zero-order valence-corrected chi connectivity index (χ0v) is 18.6. The Balaban J connectivity index is 1.54. The average molecular weight is 461 g/mol. The van der Waals surface area contributed by atoms with Crippen LogP contribution >= 0.6 is 22.9 Å². The molecule has 1 N–H and O–H groups in total. The summed E-state index contributed by atoms with van der Waals surface area (Å²) in [4.78, 5) is 39.3. The number of nitrogens with zero attached hydrogens (tertiary/aromatic N) is 3. The van der Waals surface area contributed by atoms with E-state index in [0.29, 0.717) is 32.3 Å². The fraction of sp³-hybridized carbons (Fsp3) is 0.0833. The van der Waals surface area contributed by atoms with Gasteiger partial charge in [0.2, 0.25) is 0 Å². The first-order valence-electron chi connectivity index (χ1n) is 9.87. The van der Waals surface area contributed by atoms with Gasteiger partial charge in [0.05, 0.1) is 28.8 Å². The number of carbonyl (C=O) groups excluding carboxylic acids is 1. The largest absolute Gasteiger partial charge is 0.334 e. The number of aromatic amines is 1. The van der Waals surface area contributed by atoms with Crippen molar-refractivity contribution in [1.82, 2.24) is 19.9 Å². The molecule has 2 aromatic carbocycles. The third-order valence-electron chi connectivity index (χ3n) is 5.18. The first-order chi connectivity index (χ1) is 15.5. The van der Waals surface area contributed by atoms with Crippen molar-refractivity contribution < 1.29 is 4.79 Å². The molecule has 6 nitrogen and oxygen atoms in total. The molecule has 0 fully saturated rings. The van der Waals surface area contributed by atoms with E-state index in [1.54, 1.807) is 36.2 Å². The molecule has 0 aliphatic heterocycles. The van der Waals surface area contributed by atoms with Crippen molar-refractivity contribution in [2.75, 3.05) is 7.05 Å². The maximum Gasteiger partial charge on any atom is 0.268 e. The van der Waals surface area contributed by atoms with Crippen LogP contribution in [0.5, 0.6) is 0 Å². The number of aromatic nitrogens is 3. The summed E-state index contributed by atoms with van der Waals surface area (Å²) in [5.74, 6) is 0.250. The van der Waals surface area contributed by atoms with Gasteiger partial charge < -0.3 is 9.88 Å². The summed E-state index contributed by atoms with van der Waals surface area (Å²) in [6.07, 6.45) is 0. The molecule has 0 saturated heterocycles. The van der Waals surface area contributed by atoms with Crippen LogP contribution in [-0.4, -0.2) is 32.8 Å². The summed E-state index contributed by atoms with van der Waals surface area (Å²) >= 11 is 7.37. The highest BCUT2D eigenvalue weighted by molar-refractivity contribution is 7.17. The number of hydrogen-bond donors (Lipinski definition) is 1. The highest BCUT2D eigenvalue weighted by Gasteiger charge is 2.19. The number of para-hydroxylation sites is 1. The Hall–Kier alpha value is -3.55. The third kappa shape index (κ3) is 3.77. The van der Waals surface area contributed by atoms with Crippen LogP contribution in [0.4, 0.5) is 0 Å². The number of carbonyl (C=O) groups is 1. The Morgan fingerprint density at radius 2 is 1.84 bits per heavy atom. The van der Waals surface area contributed by atoms with Crippen molar-refractivity contribution in [1.29, 1.82) is 0 Å². The average Bonchev–Trinajstić information content (AvgIpc) is 3.27. The second-order valence-corrected chi connectivity index (χ2v) is 8.74. The van der Waals surface area contributed by atoms with Crippen molar-refractivity contribution in [3.63, 3.8) is 0 Å². The molecule has 0 bridgehead atoms. The Labute approximate surface area is 192 Å². The fourth-order valence-electron chi connectivity index (χ4n) is 3.62. The number of rotatable bonds is 4. The van der Waals surface area contributed by atoms with E-state index in [4.69, 9.17) is 16.6 Å². The van der Waals surface area contributed by atoms with E-state index >= 15 is 0 Å². The van der Waals surface area contributed by atoms with Crippen LogP contribution in [0.25, 0.3) is 32.4 Å². The highest BCUT2D eigenvalue weighted by Crippen LogP contribution is 2.27. The molecule has 1 amide bonds. The predicted molar refractivity (Wildman–Crippen MR) is 128 cm³/mol. The quantitative estimate of drug-likeness (QED) is 0.403. The van der Waals surface area contributed by atoms with E-state index in [2.05, 4.69) is 9.97 Å². The van der Waals surface area contributed by atoms with Gasteiger partial charge in [-0.15, -0.1) is 11.3 Å². The highest BCUT2D eigenvalue weighted by atomic mass is 35.5. The number of pyridine rings is 1. The van der Waals surface area contributed by atoms with Crippen LogP contribution < -0.4 is 5.56 Å². The molecule has 3 heterocycles. The lowest BCUT2D eigenvalue weighted by atomic mass is 10.0. The standard InChI is InChI=1S/C24H17ClN4O2S/c1-29(13-21-27-19-10-11-32-22(19)23(30)28-21)24(31)17-12-20(14-6-8-15(25)9-7-14)26-18-5-3-2-4-16(17)18/h2-12H,13H2,1H3,(H,27,28,30). The van der Waals surface area contributed by atoms with Crippen molar-refractivity contribution >= 4 is 50.0 Å². The van der Waals surface area contributed by atoms with Gasteiger partial charge in [0.1, 0.15) is 10.5 Å². The van der Waals surface area contributed by atoms with Gasteiger partial charge >= 0.3 is 0 Å². The first-order valence-corrected chi connectivity index (χ1v) is 11.1. The van der Waals surface area contributed by atoms with Crippen molar-refractivity contribution in [3.8, 4) is 11.3 Å². The molecule has 158 valence electrons. The predicted octanol–water partition coefficient (Wildman–Crippen LogP) is 5.13. The van der Waals surface area contributed by atoms with Crippen LogP contribution in [0, 0.1) is 0 Å². The lowest BCUT2D eigenvalue weighted by Gasteiger charge is -2.18. The monoisotopic (exact) mass is 460 g/mol. The number of benzene rings is 2. The molecule has 0 saturated carbocycles. The second kappa shape index (κ2) is 8.18. The molecule has 0 spiro atoms. The molecule has 5 rings (SSSR count). The van der Waals surface area contributed by atoms with E-state index in [0.717, 1.165) is 16.5 Å². The lowest BCUT2D eigenvalue weighted by molar-refractivity contribution is 0.0783. The van der Waals surface area contributed by atoms with Gasteiger partial charge in [-0.2, -0.15) is 0 Å². The fourth-order valence-corrected chi connectivity index (χ4v) is 4.47. The number of thiophene rings is 1. The number of H-pyrrole nitrogens is 1. The first kappa shape index (κ1) is 20.4. The number of fused-ring (bicyclic) bond motifs is 2. The van der Waals surface area contributed by atoms with Crippen LogP contribution in [-0.2, 0) is 6.54 Å². The Kier molecular flexibility index (Phi) is 5.20. The van der Waals surface area contributed by atoms with Gasteiger partial charge in [-0.05, 0) is 35.7 Å². The Morgan fingerprint density at radius 1 is 1.06 bits per heavy atom. The summed E-state index contributed by atoms with van der Waals surface area (Å²) in [6, 6.07) is 18.5. The normalized spacial score (nSPS) is 11.2. The van der Waals surface area contributed by atoms with Gasteiger partial charge in [-0.1, -0.05) is 41.9 Å². The molecular formula is C24H17ClN4O2S. The lowest BCUT2D eigenvalue weighted by Crippen LogP contribution is -2.28. The minimum Gasteiger partial charge on any atom is -0.334 e. The molecule has 3 aromatic heterocycles. The van der Waals surface area contributed by atoms with Gasteiger partial charge in [0, 0.05) is 23.0 Å². The number of amides is 1. The summed E-state index contributed by atoms with van der Waals surface area (Å²) in [5, 5.41) is 3.22. The second-order valence-electron chi connectivity index (χ2n) is 7.39. The molecule has 0 aliphatic rings. The maximum absolute atomic E-state index is 13.5. The number of nitrogens with one attached hydrogen (secondary N) is 1. The van der Waals surface area contributed by atoms with Crippen molar-refractivity contribution in [2.24, 2.45) is 0 Å². The van der Waals surface area contributed by atoms with E-state index in [-0.39, 0.29) is 18.0 Å².